The number of para-hydroxylation sites is 1. The zero-order chi connectivity index (χ0) is 13.9. The van der Waals surface area contributed by atoms with Gasteiger partial charge < -0.3 is 5.73 Å². The molecule has 1 aromatic heterocycles. The van der Waals surface area contributed by atoms with E-state index in [-0.39, 0.29) is 0 Å². The van der Waals surface area contributed by atoms with Crippen LogP contribution in [0.15, 0.2) is 24.3 Å². The standard InChI is InChI=1S/C15H14ClN3O/c16-10-3-1-2-4-11(10)19-14-9-6-5-8(7-9)12(14)13(18-19)15(17)20/h1-4,8-9H,5-7H2,(H2,17,20). The van der Waals surface area contributed by atoms with Gasteiger partial charge in [-0.15, -0.1) is 0 Å². The van der Waals surface area contributed by atoms with Crippen molar-refractivity contribution in [1.29, 1.82) is 0 Å². The maximum Gasteiger partial charge on any atom is 0.269 e. The number of amides is 1. The average molecular weight is 288 g/mol. The first-order chi connectivity index (χ1) is 9.66. The molecule has 1 fully saturated rings. The number of benzene rings is 1. The van der Waals surface area contributed by atoms with E-state index in [4.69, 9.17) is 17.3 Å². The third-order valence-corrected chi connectivity index (χ3v) is 4.82. The normalized spacial score (nSPS) is 23.1. The predicted molar refractivity (Wildman–Crippen MR) is 76.4 cm³/mol. The van der Waals surface area contributed by atoms with E-state index >= 15 is 0 Å². The minimum atomic E-state index is -0.445. The zero-order valence-electron chi connectivity index (χ0n) is 10.8. The Morgan fingerprint density at radius 3 is 2.80 bits per heavy atom. The van der Waals surface area contributed by atoms with Gasteiger partial charge in [-0.25, -0.2) is 4.68 Å². The summed E-state index contributed by atoms with van der Waals surface area (Å²) in [6.45, 7) is 0. The third-order valence-electron chi connectivity index (χ3n) is 4.50. The molecule has 5 heteroatoms. The fourth-order valence-corrected chi connectivity index (χ4v) is 3.94. The van der Waals surface area contributed by atoms with Gasteiger partial charge in [-0.1, -0.05) is 23.7 Å². The Balaban J connectivity index is 1.99. The molecule has 20 heavy (non-hydrogen) atoms. The number of fused-ring (bicyclic) bond motifs is 5. The van der Waals surface area contributed by atoms with E-state index in [1.54, 1.807) is 0 Å². The van der Waals surface area contributed by atoms with Crippen molar-refractivity contribution in [1.82, 2.24) is 9.78 Å². The van der Waals surface area contributed by atoms with Crippen LogP contribution < -0.4 is 5.73 Å². The Kier molecular flexibility index (Phi) is 2.45. The van der Waals surface area contributed by atoms with Gasteiger partial charge in [0.2, 0.25) is 0 Å². The number of carbonyl (C=O) groups excluding carboxylic acids is 1. The highest BCUT2D eigenvalue weighted by Crippen LogP contribution is 2.54. The molecule has 1 aromatic carbocycles. The first-order valence-corrected chi connectivity index (χ1v) is 7.22. The molecular formula is C15H14ClN3O. The summed E-state index contributed by atoms with van der Waals surface area (Å²) in [5.41, 5.74) is 8.95. The van der Waals surface area contributed by atoms with Gasteiger partial charge in [0.05, 0.1) is 16.4 Å². The molecule has 0 radical (unpaired) electrons. The maximum atomic E-state index is 11.7. The van der Waals surface area contributed by atoms with Gasteiger partial charge in [0.25, 0.3) is 5.91 Å². The summed E-state index contributed by atoms with van der Waals surface area (Å²) in [5, 5.41) is 5.10. The van der Waals surface area contributed by atoms with Crippen molar-refractivity contribution in [3.63, 3.8) is 0 Å². The second kappa shape index (κ2) is 4.09. The molecule has 2 atom stereocenters. The van der Waals surface area contributed by atoms with Crippen LogP contribution in [-0.2, 0) is 0 Å². The fraction of sp³-hybridized carbons (Fsp3) is 0.333. The number of carbonyl (C=O) groups is 1. The summed E-state index contributed by atoms with van der Waals surface area (Å²) in [4.78, 5) is 11.7. The van der Waals surface area contributed by atoms with E-state index in [2.05, 4.69) is 5.10 Å². The van der Waals surface area contributed by atoms with E-state index in [0.717, 1.165) is 36.2 Å². The quantitative estimate of drug-likeness (QED) is 0.923. The minimum Gasteiger partial charge on any atom is -0.364 e. The average Bonchev–Trinajstić information content (AvgIpc) is 3.10. The predicted octanol–water partition coefficient (Wildman–Crippen LogP) is 2.99. The molecule has 2 unspecified atom stereocenters. The van der Waals surface area contributed by atoms with Crippen LogP contribution in [0.3, 0.4) is 0 Å². The first kappa shape index (κ1) is 12.0. The molecule has 0 spiro atoms. The zero-order valence-corrected chi connectivity index (χ0v) is 11.6. The highest BCUT2D eigenvalue weighted by atomic mass is 35.5. The Bertz CT molecular complexity index is 722. The van der Waals surface area contributed by atoms with Gasteiger partial charge in [0.1, 0.15) is 0 Å². The van der Waals surface area contributed by atoms with Crippen LogP contribution in [0.25, 0.3) is 5.69 Å². The molecule has 2 aliphatic carbocycles. The van der Waals surface area contributed by atoms with Crippen molar-refractivity contribution in [2.45, 2.75) is 31.1 Å². The van der Waals surface area contributed by atoms with E-state index in [1.807, 2.05) is 28.9 Å². The van der Waals surface area contributed by atoms with Crippen molar-refractivity contribution < 1.29 is 4.79 Å². The maximum absolute atomic E-state index is 11.7. The fourth-order valence-electron chi connectivity index (χ4n) is 3.72. The van der Waals surface area contributed by atoms with Gasteiger partial charge in [-0.2, -0.15) is 5.10 Å². The number of nitrogens with two attached hydrogens (primary N) is 1. The van der Waals surface area contributed by atoms with Gasteiger partial charge in [-0.3, -0.25) is 4.79 Å². The van der Waals surface area contributed by atoms with Crippen LogP contribution in [0.4, 0.5) is 0 Å². The molecule has 2 bridgehead atoms. The van der Waals surface area contributed by atoms with Crippen molar-refractivity contribution >= 4 is 17.5 Å². The van der Waals surface area contributed by atoms with Crippen LogP contribution in [-0.4, -0.2) is 15.7 Å². The van der Waals surface area contributed by atoms with Gasteiger partial charge in [0, 0.05) is 11.5 Å². The summed E-state index contributed by atoms with van der Waals surface area (Å²) < 4.78 is 1.83. The Morgan fingerprint density at radius 2 is 2.05 bits per heavy atom. The lowest BCUT2D eigenvalue weighted by atomic mass is 9.95. The molecule has 1 amide bonds. The summed E-state index contributed by atoms with van der Waals surface area (Å²) in [6.07, 6.45) is 3.40. The van der Waals surface area contributed by atoms with E-state index in [1.165, 1.54) is 0 Å². The number of hydrogen-bond donors (Lipinski definition) is 1. The Morgan fingerprint density at radius 1 is 1.30 bits per heavy atom. The Hall–Kier alpha value is -1.81. The summed E-state index contributed by atoms with van der Waals surface area (Å²) in [7, 11) is 0. The van der Waals surface area contributed by atoms with E-state index in [0.29, 0.717) is 22.6 Å². The summed E-state index contributed by atoms with van der Waals surface area (Å²) in [5.74, 6) is 0.472. The highest BCUT2D eigenvalue weighted by Gasteiger charge is 2.43. The summed E-state index contributed by atoms with van der Waals surface area (Å²) in [6, 6.07) is 7.57. The molecule has 102 valence electrons. The largest absolute Gasteiger partial charge is 0.364 e. The van der Waals surface area contributed by atoms with Gasteiger partial charge in [-0.05, 0) is 37.3 Å². The number of aromatic nitrogens is 2. The van der Waals surface area contributed by atoms with E-state index in [9.17, 15) is 4.79 Å². The van der Waals surface area contributed by atoms with Crippen LogP contribution in [0, 0.1) is 0 Å². The smallest absolute Gasteiger partial charge is 0.269 e. The number of nitrogens with zero attached hydrogens (tertiary/aromatic N) is 2. The molecule has 4 nitrogen and oxygen atoms in total. The second-order valence-corrected chi connectivity index (χ2v) is 5.99. The first-order valence-electron chi connectivity index (χ1n) is 6.84. The van der Waals surface area contributed by atoms with Crippen molar-refractivity contribution in [3.05, 3.63) is 46.2 Å². The molecule has 1 saturated carbocycles. The molecule has 2 aliphatic rings. The summed E-state index contributed by atoms with van der Waals surface area (Å²) >= 11 is 6.27. The molecule has 0 aliphatic heterocycles. The van der Waals surface area contributed by atoms with Crippen molar-refractivity contribution in [2.24, 2.45) is 5.73 Å². The number of hydrogen-bond acceptors (Lipinski definition) is 2. The highest BCUT2D eigenvalue weighted by molar-refractivity contribution is 6.32. The van der Waals surface area contributed by atoms with Crippen molar-refractivity contribution in [2.75, 3.05) is 0 Å². The van der Waals surface area contributed by atoms with Crippen molar-refractivity contribution in [3.8, 4) is 5.69 Å². The lowest BCUT2D eigenvalue weighted by Crippen LogP contribution is -2.15. The molecular weight excluding hydrogens is 274 g/mol. The molecule has 0 saturated heterocycles. The number of primary amides is 1. The van der Waals surface area contributed by atoms with Crippen LogP contribution in [0.1, 0.15) is 52.8 Å². The molecule has 2 aromatic rings. The Labute approximate surface area is 121 Å². The number of halogens is 1. The van der Waals surface area contributed by atoms with Gasteiger partial charge >= 0.3 is 0 Å². The van der Waals surface area contributed by atoms with E-state index < -0.39 is 5.91 Å². The lowest BCUT2D eigenvalue weighted by molar-refractivity contribution is 0.0994. The molecule has 1 heterocycles. The second-order valence-electron chi connectivity index (χ2n) is 5.58. The molecule has 4 rings (SSSR count). The number of rotatable bonds is 2. The minimum absolute atomic E-state index is 0.423. The van der Waals surface area contributed by atoms with Gasteiger partial charge in [0.15, 0.2) is 5.69 Å². The van der Waals surface area contributed by atoms with Crippen LogP contribution in [0.2, 0.25) is 5.02 Å². The monoisotopic (exact) mass is 287 g/mol. The lowest BCUT2D eigenvalue weighted by Gasteiger charge is -2.14. The van der Waals surface area contributed by atoms with Crippen LogP contribution >= 0.6 is 11.6 Å². The molecule has 2 N–H and O–H groups in total. The SMILES string of the molecule is NC(=O)c1nn(-c2ccccc2Cl)c2c1C1CCC2C1. The topological polar surface area (TPSA) is 60.9 Å². The van der Waals surface area contributed by atoms with Crippen LogP contribution in [0.5, 0.6) is 0 Å². The third kappa shape index (κ3) is 1.48.